The predicted octanol–water partition coefficient (Wildman–Crippen LogP) is 1.01. The topological polar surface area (TPSA) is 72.0 Å². The van der Waals surface area contributed by atoms with Crippen LogP contribution in [0.3, 0.4) is 0 Å². The molecule has 0 bridgehead atoms. The van der Waals surface area contributed by atoms with Crippen LogP contribution in [0.5, 0.6) is 0 Å². The fourth-order valence-corrected chi connectivity index (χ4v) is 3.24. The minimum atomic E-state index is -3.02. The van der Waals surface area contributed by atoms with Gasteiger partial charge in [-0.1, -0.05) is 0 Å². The van der Waals surface area contributed by atoms with E-state index in [-0.39, 0.29) is 11.3 Å². The van der Waals surface area contributed by atoms with Crippen molar-refractivity contribution in [3.63, 3.8) is 0 Å². The van der Waals surface area contributed by atoms with E-state index >= 15 is 0 Å². The number of nitrogens with zero attached hydrogens (tertiary/aromatic N) is 2. The molecule has 0 amide bonds. The van der Waals surface area contributed by atoms with Gasteiger partial charge in [-0.15, -0.1) is 21.5 Å². The summed E-state index contributed by atoms with van der Waals surface area (Å²) >= 11 is 1.37. The highest BCUT2D eigenvalue weighted by molar-refractivity contribution is 7.90. The van der Waals surface area contributed by atoms with Gasteiger partial charge in [-0.3, -0.25) is 0 Å². The zero-order chi connectivity index (χ0) is 13.1. The minimum Gasteiger partial charge on any atom is -0.312 e. The summed E-state index contributed by atoms with van der Waals surface area (Å²) < 4.78 is 22.2. The molecule has 0 spiro atoms. The average Bonchev–Trinajstić information content (AvgIpc) is 2.46. The summed E-state index contributed by atoms with van der Waals surface area (Å²) in [5.74, 6) is -0.0165. The van der Waals surface area contributed by atoms with Gasteiger partial charge in [0.25, 0.3) is 0 Å². The molecule has 1 heterocycles. The van der Waals surface area contributed by atoms with Gasteiger partial charge in [0.2, 0.25) is 0 Å². The van der Waals surface area contributed by atoms with Gasteiger partial charge in [0.1, 0.15) is 15.8 Å². The number of rotatable bonds is 5. The summed E-state index contributed by atoms with van der Waals surface area (Å²) in [5, 5.41) is 12.7. The Labute approximate surface area is 107 Å². The Balaban J connectivity index is 2.47. The van der Waals surface area contributed by atoms with E-state index in [1.807, 2.05) is 0 Å². The Bertz CT molecular complexity index is 460. The van der Waals surface area contributed by atoms with Crippen molar-refractivity contribution in [1.29, 1.82) is 0 Å². The van der Waals surface area contributed by atoms with Gasteiger partial charge in [-0.05, 0) is 20.8 Å². The van der Waals surface area contributed by atoms with Crippen molar-refractivity contribution in [3.8, 4) is 0 Å². The van der Waals surface area contributed by atoms with Crippen LogP contribution < -0.4 is 5.32 Å². The summed E-state index contributed by atoms with van der Waals surface area (Å²) in [7, 11) is -3.02. The maximum absolute atomic E-state index is 11.1. The van der Waals surface area contributed by atoms with E-state index in [1.165, 1.54) is 17.6 Å². The van der Waals surface area contributed by atoms with Crippen LogP contribution in [0.2, 0.25) is 0 Å². The lowest BCUT2D eigenvalue weighted by Gasteiger charge is -2.19. The zero-order valence-electron chi connectivity index (χ0n) is 10.6. The first kappa shape index (κ1) is 14.5. The van der Waals surface area contributed by atoms with Gasteiger partial charge in [-0.25, -0.2) is 8.42 Å². The highest BCUT2D eigenvalue weighted by Gasteiger charge is 2.12. The van der Waals surface area contributed by atoms with Crippen LogP contribution >= 0.6 is 11.3 Å². The lowest BCUT2D eigenvalue weighted by atomic mass is 10.1. The minimum absolute atomic E-state index is 0.0165. The molecule has 0 aromatic carbocycles. The highest BCUT2D eigenvalue weighted by Crippen LogP contribution is 2.13. The van der Waals surface area contributed by atoms with E-state index in [1.54, 1.807) is 0 Å². The Kier molecular flexibility index (Phi) is 4.62. The van der Waals surface area contributed by atoms with Crippen molar-refractivity contribution in [2.75, 3.05) is 12.8 Å². The molecule has 0 aliphatic heterocycles. The molecule has 0 unspecified atom stereocenters. The molecule has 1 aromatic heterocycles. The van der Waals surface area contributed by atoms with Gasteiger partial charge in [0.05, 0.1) is 0 Å². The number of hydrogen-bond donors (Lipinski definition) is 1. The first-order chi connectivity index (χ1) is 7.66. The van der Waals surface area contributed by atoms with Crippen molar-refractivity contribution in [3.05, 3.63) is 10.0 Å². The number of hydrogen-bond acceptors (Lipinski definition) is 6. The van der Waals surface area contributed by atoms with Crippen LogP contribution in [0.25, 0.3) is 0 Å². The Morgan fingerprint density at radius 1 is 1.24 bits per heavy atom. The van der Waals surface area contributed by atoms with E-state index < -0.39 is 9.84 Å². The molecular formula is C10H19N3O2S2. The first-order valence-corrected chi connectivity index (χ1v) is 8.27. The molecule has 0 saturated heterocycles. The van der Waals surface area contributed by atoms with E-state index in [2.05, 4.69) is 36.3 Å². The molecular weight excluding hydrogens is 258 g/mol. The molecule has 17 heavy (non-hydrogen) atoms. The molecule has 1 rings (SSSR count). The maximum atomic E-state index is 11.1. The molecule has 0 radical (unpaired) electrons. The zero-order valence-corrected chi connectivity index (χ0v) is 12.3. The smallest absolute Gasteiger partial charge is 0.154 e. The number of aromatic nitrogens is 2. The second kappa shape index (κ2) is 5.41. The van der Waals surface area contributed by atoms with E-state index in [0.29, 0.717) is 5.01 Å². The molecule has 1 aromatic rings. The summed E-state index contributed by atoms with van der Waals surface area (Å²) in [6.07, 6.45) is 1.98. The van der Waals surface area contributed by atoms with Gasteiger partial charge in [0, 0.05) is 24.8 Å². The van der Waals surface area contributed by atoms with E-state index in [9.17, 15) is 8.42 Å². The predicted molar refractivity (Wildman–Crippen MR) is 69.9 cm³/mol. The highest BCUT2D eigenvalue weighted by atomic mass is 32.2. The van der Waals surface area contributed by atoms with Crippen molar-refractivity contribution < 1.29 is 8.42 Å². The van der Waals surface area contributed by atoms with Gasteiger partial charge >= 0.3 is 0 Å². The van der Waals surface area contributed by atoms with Crippen molar-refractivity contribution >= 4 is 21.2 Å². The molecule has 98 valence electrons. The summed E-state index contributed by atoms with van der Waals surface area (Å²) in [5.41, 5.74) is 0.0836. The van der Waals surface area contributed by atoms with Gasteiger partial charge < -0.3 is 5.32 Å². The molecule has 0 saturated carbocycles. The van der Waals surface area contributed by atoms with E-state index in [0.717, 1.165) is 18.0 Å². The third-order valence-electron chi connectivity index (χ3n) is 1.89. The molecule has 5 nitrogen and oxygen atoms in total. The molecule has 7 heteroatoms. The Morgan fingerprint density at radius 3 is 2.35 bits per heavy atom. The fraction of sp³-hybridized carbons (Fsp3) is 0.800. The molecule has 0 fully saturated rings. The Morgan fingerprint density at radius 2 is 1.82 bits per heavy atom. The second-order valence-electron chi connectivity index (χ2n) is 5.09. The molecule has 1 N–H and O–H groups in total. The van der Waals surface area contributed by atoms with Crippen LogP contribution in [0.4, 0.5) is 0 Å². The van der Waals surface area contributed by atoms with Gasteiger partial charge in [-0.2, -0.15) is 0 Å². The van der Waals surface area contributed by atoms with Crippen LogP contribution in [0, 0.1) is 0 Å². The maximum Gasteiger partial charge on any atom is 0.154 e. The van der Waals surface area contributed by atoms with Gasteiger partial charge in [0.15, 0.2) is 9.84 Å². The van der Waals surface area contributed by atoms with Crippen LogP contribution in [0.1, 0.15) is 30.8 Å². The molecule has 0 aliphatic rings. The lowest BCUT2D eigenvalue weighted by molar-refractivity contribution is 0.429. The summed E-state index contributed by atoms with van der Waals surface area (Å²) in [4.78, 5) is 0. The number of sulfone groups is 1. The monoisotopic (exact) mass is 277 g/mol. The summed E-state index contributed by atoms with van der Waals surface area (Å²) in [6, 6.07) is 0. The number of nitrogens with one attached hydrogen (secondary N) is 1. The quantitative estimate of drug-likeness (QED) is 0.870. The first-order valence-electron chi connectivity index (χ1n) is 5.40. The largest absolute Gasteiger partial charge is 0.312 e. The fourth-order valence-electron chi connectivity index (χ4n) is 1.22. The SMILES string of the molecule is CC(C)(C)NCCc1nnc(CS(C)(=O)=O)s1. The third kappa shape index (κ3) is 6.70. The summed E-state index contributed by atoms with van der Waals surface area (Å²) in [6.45, 7) is 7.11. The van der Waals surface area contributed by atoms with Crippen molar-refractivity contribution in [1.82, 2.24) is 15.5 Å². The average molecular weight is 277 g/mol. The second-order valence-corrected chi connectivity index (χ2v) is 8.37. The third-order valence-corrected chi connectivity index (χ3v) is 3.85. The van der Waals surface area contributed by atoms with Crippen molar-refractivity contribution in [2.24, 2.45) is 0 Å². The molecule has 0 aliphatic carbocycles. The van der Waals surface area contributed by atoms with Crippen LogP contribution in [-0.2, 0) is 22.0 Å². The molecule has 0 atom stereocenters. The Hall–Kier alpha value is -0.530. The standard InChI is InChI=1S/C10H19N3O2S2/c1-10(2,3)11-6-5-8-12-13-9(16-8)7-17(4,14)15/h11H,5-7H2,1-4H3. The van der Waals surface area contributed by atoms with Crippen LogP contribution in [-0.4, -0.2) is 37.0 Å². The lowest BCUT2D eigenvalue weighted by Crippen LogP contribution is -2.37. The van der Waals surface area contributed by atoms with E-state index in [4.69, 9.17) is 0 Å². The van der Waals surface area contributed by atoms with Crippen LogP contribution in [0.15, 0.2) is 0 Å². The normalized spacial score (nSPS) is 12.9. The van der Waals surface area contributed by atoms with Crippen molar-refractivity contribution in [2.45, 2.75) is 38.5 Å².